The first-order valence-electron chi connectivity index (χ1n) is 12.9. The van der Waals surface area contributed by atoms with Crippen molar-refractivity contribution < 1.29 is 18.3 Å². The van der Waals surface area contributed by atoms with Crippen molar-refractivity contribution in [2.75, 3.05) is 44.4 Å². The lowest BCUT2D eigenvalue weighted by Gasteiger charge is -2.21. The van der Waals surface area contributed by atoms with Crippen molar-refractivity contribution in [2.24, 2.45) is 0 Å². The van der Waals surface area contributed by atoms with E-state index in [-0.39, 0.29) is 29.3 Å². The van der Waals surface area contributed by atoms with Crippen LogP contribution in [-0.4, -0.2) is 65.9 Å². The molecular formula is C28H31F2N5O2S. The van der Waals surface area contributed by atoms with E-state index in [1.807, 2.05) is 0 Å². The molecule has 38 heavy (non-hydrogen) atoms. The predicted octanol–water partition coefficient (Wildman–Crippen LogP) is 4.80. The molecule has 0 bridgehead atoms. The number of fused-ring (bicyclic) bond motifs is 2. The molecule has 3 aromatic rings. The zero-order valence-electron chi connectivity index (χ0n) is 21.4. The maximum absolute atomic E-state index is 16.2. The fourth-order valence-corrected chi connectivity index (χ4v) is 6.19. The van der Waals surface area contributed by atoms with Gasteiger partial charge in [0.1, 0.15) is 23.8 Å². The molecule has 0 saturated carbocycles. The van der Waals surface area contributed by atoms with Crippen LogP contribution in [0.2, 0.25) is 0 Å². The molecule has 2 aliphatic rings. The largest absolute Gasteiger partial charge is 0.462 e. The maximum atomic E-state index is 16.2. The van der Waals surface area contributed by atoms with Crippen LogP contribution in [0.5, 0.6) is 6.01 Å². The van der Waals surface area contributed by atoms with Crippen LogP contribution in [0, 0.1) is 11.6 Å². The van der Waals surface area contributed by atoms with Crippen LogP contribution in [0.25, 0.3) is 22.0 Å². The fourth-order valence-electron chi connectivity index (χ4n) is 4.99. The molecule has 2 aliphatic heterocycles. The van der Waals surface area contributed by atoms with E-state index >= 15 is 4.39 Å². The van der Waals surface area contributed by atoms with Gasteiger partial charge in [0, 0.05) is 40.5 Å². The summed E-state index contributed by atoms with van der Waals surface area (Å²) in [5.41, 5.74) is 1.81. The highest BCUT2D eigenvalue weighted by molar-refractivity contribution is 7.99. The smallest absolute Gasteiger partial charge is 0.319 e. The summed E-state index contributed by atoms with van der Waals surface area (Å²) in [5.74, 6) is 0.252. The number of thioether (sulfide) groups is 1. The number of carbonyl (C=O) groups is 1. The van der Waals surface area contributed by atoms with Crippen LogP contribution in [0.15, 0.2) is 41.8 Å². The Balaban J connectivity index is 1.51. The van der Waals surface area contributed by atoms with Gasteiger partial charge < -0.3 is 20.3 Å². The summed E-state index contributed by atoms with van der Waals surface area (Å²) in [6.45, 7) is 5.55. The number of anilines is 1. The van der Waals surface area contributed by atoms with Crippen molar-refractivity contribution >= 4 is 34.4 Å². The number of rotatable bonds is 9. The number of likely N-dealkylation sites (tertiary alicyclic amines) is 1. The van der Waals surface area contributed by atoms with Gasteiger partial charge in [-0.1, -0.05) is 18.7 Å². The Bertz CT molecular complexity index is 1370. The number of nitrogens with zero attached hydrogens (tertiary/aromatic N) is 3. The molecule has 5 rings (SSSR count). The van der Waals surface area contributed by atoms with Crippen molar-refractivity contribution in [3.05, 3.63) is 54.1 Å². The van der Waals surface area contributed by atoms with E-state index in [1.165, 1.54) is 12.1 Å². The van der Waals surface area contributed by atoms with Gasteiger partial charge in [-0.2, -0.15) is 9.97 Å². The molecule has 2 aromatic carbocycles. The second kappa shape index (κ2) is 11.7. The minimum Gasteiger partial charge on any atom is -0.462 e. The van der Waals surface area contributed by atoms with Crippen molar-refractivity contribution in [2.45, 2.75) is 36.6 Å². The van der Waals surface area contributed by atoms with Crippen LogP contribution in [0.4, 0.5) is 14.6 Å². The summed E-state index contributed by atoms with van der Waals surface area (Å²) in [4.78, 5) is 23.5. The third-order valence-electron chi connectivity index (χ3n) is 7.08. The van der Waals surface area contributed by atoms with Crippen molar-refractivity contribution in [3.8, 4) is 17.1 Å². The van der Waals surface area contributed by atoms with E-state index in [4.69, 9.17) is 4.74 Å². The molecule has 0 unspecified atom stereocenters. The van der Waals surface area contributed by atoms with E-state index in [0.717, 1.165) is 36.5 Å². The number of benzene rings is 2. The third-order valence-corrected chi connectivity index (χ3v) is 8.32. The molecule has 1 atom stereocenters. The quantitative estimate of drug-likeness (QED) is 0.299. The molecule has 1 fully saturated rings. The minimum atomic E-state index is -0.504. The van der Waals surface area contributed by atoms with Gasteiger partial charge in [0.05, 0.1) is 0 Å². The molecule has 0 radical (unpaired) electrons. The molecule has 200 valence electrons. The number of aromatic nitrogens is 2. The molecule has 1 saturated heterocycles. The SMILES string of the molecule is C=CC(=O)NCCNc1nc(OC[C@@H]2CCCN2C)nc2c(F)c(-c3ccc(F)c4c3SCCC4)ccc12. The first-order chi connectivity index (χ1) is 18.5. The van der Waals surface area contributed by atoms with Crippen LogP contribution >= 0.6 is 11.8 Å². The highest BCUT2D eigenvalue weighted by Crippen LogP contribution is 2.42. The molecule has 1 amide bonds. The first-order valence-corrected chi connectivity index (χ1v) is 13.9. The summed E-state index contributed by atoms with van der Waals surface area (Å²) in [6.07, 6.45) is 4.86. The lowest BCUT2D eigenvalue weighted by molar-refractivity contribution is -0.116. The lowest BCUT2D eigenvalue weighted by Crippen LogP contribution is -2.31. The van der Waals surface area contributed by atoms with Gasteiger partial charge in [-0.3, -0.25) is 4.79 Å². The maximum Gasteiger partial charge on any atom is 0.319 e. The number of amides is 1. The second-order valence-corrected chi connectivity index (χ2v) is 10.6. The molecule has 10 heteroatoms. The summed E-state index contributed by atoms with van der Waals surface area (Å²) < 4.78 is 36.6. The fraction of sp³-hybridized carbons (Fsp3) is 0.393. The molecule has 1 aromatic heterocycles. The molecule has 7 nitrogen and oxygen atoms in total. The van der Waals surface area contributed by atoms with E-state index < -0.39 is 5.82 Å². The number of carbonyl (C=O) groups excluding carboxylic acids is 1. The summed E-state index contributed by atoms with van der Waals surface area (Å²) in [6, 6.07) is 6.87. The van der Waals surface area contributed by atoms with Gasteiger partial charge >= 0.3 is 6.01 Å². The van der Waals surface area contributed by atoms with Crippen LogP contribution < -0.4 is 15.4 Å². The number of nitrogens with one attached hydrogen (secondary N) is 2. The first kappa shape index (κ1) is 26.4. The van der Waals surface area contributed by atoms with E-state index in [9.17, 15) is 9.18 Å². The number of likely N-dealkylation sites (N-methyl/N-ethyl adjacent to an activating group) is 1. The Hall–Kier alpha value is -3.24. The zero-order valence-corrected chi connectivity index (χ0v) is 22.2. The number of hydrogen-bond acceptors (Lipinski definition) is 7. The average Bonchev–Trinajstić information content (AvgIpc) is 3.35. The summed E-state index contributed by atoms with van der Waals surface area (Å²) in [5, 5.41) is 6.37. The Labute approximate surface area is 225 Å². The van der Waals surface area contributed by atoms with Gasteiger partial charge in [0.25, 0.3) is 0 Å². The Morgan fingerprint density at radius 1 is 1.21 bits per heavy atom. The predicted molar refractivity (Wildman–Crippen MR) is 147 cm³/mol. The Morgan fingerprint density at radius 2 is 2.05 bits per heavy atom. The minimum absolute atomic E-state index is 0.0852. The van der Waals surface area contributed by atoms with E-state index in [2.05, 4.69) is 39.1 Å². The highest BCUT2D eigenvalue weighted by atomic mass is 32.2. The van der Waals surface area contributed by atoms with Crippen molar-refractivity contribution in [1.29, 1.82) is 0 Å². The monoisotopic (exact) mass is 539 g/mol. The standard InChI is InChI=1S/C28H31F2N5O2S/c1-3-23(36)31-12-13-32-27-21-9-8-18(19-10-11-22(29)20-7-5-15-38-26(19)20)24(30)25(21)33-28(34-27)37-16-17-6-4-14-35(17)2/h3,8-11,17H,1,4-7,12-16H2,2H3,(H,31,36)(H,32,33,34)/t17-/m0/s1. The van der Waals surface area contributed by atoms with Gasteiger partial charge in [-0.15, -0.1) is 11.8 Å². The van der Waals surface area contributed by atoms with Gasteiger partial charge in [0.2, 0.25) is 5.91 Å². The average molecular weight is 540 g/mol. The van der Waals surface area contributed by atoms with Crippen molar-refractivity contribution in [1.82, 2.24) is 20.2 Å². The van der Waals surface area contributed by atoms with Crippen LogP contribution in [0.3, 0.4) is 0 Å². The molecule has 0 spiro atoms. The molecular weight excluding hydrogens is 508 g/mol. The van der Waals surface area contributed by atoms with Crippen molar-refractivity contribution in [3.63, 3.8) is 0 Å². The molecule has 0 aliphatic carbocycles. The zero-order chi connectivity index (χ0) is 26.6. The number of hydrogen-bond donors (Lipinski definition) is 2. The van der Waals surface area contributed by atoms with Crippen LogP contribution in [0.1, 0.15) is 24.8 Å². The molecule has 2 N–H and O–H groups in total. The highest BCUT2D eigenvalue weighted by Gasteiger charge is 2.24. The van der Waals surface area contributed by atoms with Gasteiger partial charge in [-0.25, -0.2) is 8.78 Å². The normalized spacial score (nSPS) is 17.3. The summed E-state index contributed by atoms with van der Waals surface area (Å²) in [7, 11) is 2.06. The lowest BCUT2D eigenvalue weighted by atomic mass is 9.98. The number of ether oxygens (including phenoxy) is 1. The second-order valence-electron chi connectivity index (χ2n) is 9.54. The summed E-state index contributed by atoms with van der Waals surface area (Å²) >= 11 is 1.56. The molecule has 3 heterocycles. The topological polar surface area (TPSA) is 79.4 Å². The van der Waals surface area contributed by atoms with E-state index in [1.54, 1.807) is 30.0 Å². The van der Waals surface area contributed by atoms with Crippen LogP contribution in [-0.2, 0) is 11.2 Å². The Morgan fingerprint density at radius 3 is 2.84 bits per heavy atom. The van der Waals surface area contributed by atoms with Gasteiger partial charge in [0.15, 0.2) is 5.82 Å². The number of halogens is 2. The Kier molecular flexibility index (Phi) is 8.09. The third kappa shape index (κ3) is 5.47. The van der Waals surface area contributed by atoms with E-state index in [0.29, 0.717) is 54.0 Å². The van der Waals surface area contributed by atoms with Gasteiger partial charge in [-0.05, 0) is 68.8 Å².